The maximum Gasteiger partial charge on any atom is 0.165 e. The Labute approximate surface area is 113 Å². The molecule has 0 spiro atoms. The maximum absolute atomic E-state index is 6.05. The fourth-order valence-electron chi connectivity index (χ4n) is 1.26. The van der Waals surface area contributed by atoms with Crippen molar-refractivity contribution >= 4 is 40.8 Å². The molecule has 1 aromatic heterocycles. The van der Waals surface area contributed by atoms with Crippen molar-refractivity contribution in [2.45, 2.75) is 11.4 Å². The Morgan fingerprint density at radius 2 is 2.18 bits per heavy atom. The van der Waals surface area contributed by atoms with Crippen molar-refractivity contribution < 1.29 is 0 Å². The third-order valence-corrected chi connectivity index (χ3v) is 3.74. The van der Waals surface area contributed by atoms with Gasteiger partial charge in [0.1, 0.15) is 0 Å². The van der Waals surface area contributed by atoms with Gasteiger partial charge in [-0.2, -0.15) is 0 Å². The Kier molecular flexibility index (Phi) is 4.15. The highest BCUT2D eigenvalue weighted by Gasteiger charge is 2.03. The minimum absolute atomic E-state index is 0.427. The fourth-order valence-corrected chi connectivity index (χ4v) is 2.69. The minimum atomic E-state index is 0.427. The van der Waals surface area contributed by atoms with Crippen molar-refractivity contribution in [2.75, 3.05) is 11.5 Å². The van der Waals surface area contributed by atoms with Crippen molar-refractivity contribution in [2.24, 2.45) is 0 Å². The summed E-state index contributed by atoms with van der Waals surface area (Å²) in [6.45, 7) is 0.720. The molecule has 2 aromatic rings. The third-order valence-electron chi connectivity index (χ3n) is 2.03. The average molecular weight is 289 g/mol. The van der Waals surface area contributed by atoms with Gasteiger partial charge < -0.3 is 5.73 Å². The molecule has 0 fully saturated rings. The van der Waals surface area contributed by atoms with E-state index in [9.17, 15) is 0 Å². The third kappa shape index (κ3) is 3.52. The van der Waals surface area contributed by atoms with Gasteiger partial charge in [-0.1, -0.05) is 28.4 Å². The summed E-state index contributed by atoms with van der Waals surface area (Å²) < 4.78 is 1.70. The second-order valence-electron chi connectivity index (χ2n) is 3.33. The lowest BCUT2D eigenvalue weighted by Gasteiger charge is -2.04. The van der Waals surface area contributed by atoms with E-state index in [0.29, 0.717) is 15.9 Å². The Balaban J connectivity index is 1.91. The highest BCUT2D eigenvalue weighted by atomic mass is 35.5. The summed E-state index contributed by atoms with van der Waals surface area (Å²) in [6, 6.07) is 5.41. The van der Waals surface area contributed by atoms with E-state index in [1.54, 1.807) is 34.8 Å². The van der Waals surface area contributed by atoms with Crippen LogP contribution in [-0.2, 0) is 6.54 Å². The van der Waals surface area contributed by atoms with Crippen molar-refractivity contribution in [1.82, 2.24) is 15.0 Å². The first-order valence-electron chi connectivity index (χ1n) is 4.88. The highest BCUT2D eigenvalue weighted by molar-refractivity contribution is 7.99. The van der Waals surface area contributed by atoms with Crippen LogP contribution in [0.3, 0.4) is 0 Å². The largest absolute Gasteiger partial charge is 0.381 e. The molecule has 2 N–H and O–H groups in total. The van der Waals surface area contributed by atoms with Crippen LogP contribution in [0.2, 0.25) is 10.0 Å². The molecule has 0 saturated carbocycles. The minimum Gasteiger partial charge on any atom is -0.381 e. The van der Waals surface area contributed by atoms with Crippen LogP contribution < -0.4 is 5.73 Å². The highest BCUT2D eigenvalue weighted by Crippen LogP contribution is 2.29. The van der Waals surface area contributed by atoms with Crippen LogP contribution in [0, 0.1) is 0 Å². The summed E-state index contributed by atoms with van der Waals surface area (Å²) in [5.74, 6) is 1.25. The molecule has 7 heteroatoms. The Morgan fingerprint density at radius 1 is 1.35 bits per heavy atom. The summed E-state index contributed by atoms with van der Waals surface area (Å²) in [7, 11) is 0. The van der Waals surface area contributed by atoms with Gasteiger partial charge in [-0.25, -0.2) is 4.68 Å². The van der Waals surface area contributed by atoms with E-state index in [4.69, 9.17) is 28.9 Å². The van der Waals surface area contributed by atoms with Crippen LogP contribution in [0.15, 0.2) is 29.3 Å². The number of nitrogens with two attached hydrogens (primary N) is 1. The van der Waals surface area contributed by atoms with Gasteiger partial charge in [0, 0.05) is 15.7 Å². The SMILES string of the molecule is Nc1cn(CCSc2cc(Cl)ccc2Cl)nn1. The number of rotatable bonds is 4. The van der Waals surface area contributed by atoms with Crippen molar-refractivity contribution in [1.29, 1.82) is 0 Å². The van der Waals surface area contributed by atoms with E-state index in [-0.39, 0.29) is 0 Å². The quantitative estimate of drug-likeness (QED) is 0.879. The van der Waals surface area contributed by atoms with Crippen molar-refractivity contribution in [3.05, 3.63) is 34.4 Å². The number of aromatic nitrogens is 3. The predicted molar refractivity (Wildman–Crippen MR) is 71.6 cm³/mol. The summed E-state index contributed by atoms with van der Waals surface area (Å²) >= 11 is 13.6. The number of nitrogens with zero attached hydrogens (tertiary/aromatic N) is 3. The summed E-state index contributed by atoms with van der Waals surface area (Å²) in [4.78, 5) is 0.965. The fraction of sp³-hybridized carbons (Fsp3) is 0.200. The number of thioether (sulfide) groups is 1. The number of aryl methyl sites for hydroxylation is 1. The number of hydrogen-bond acceptors (Lipinski definition) is 4. The zero-order chi connectivity index (χ0) is 12.3. The molecule has 0 unspecified atom stereocenters. The maximum atomic E-state index is 6.05. The lowest BCUT2D eigenvalue weighted by atomic mass is 10.4. The molecule has 0 radical (unpaired) electrons. The van der Waals surface area contributed by atoms with E-state index in [0.717, 1.165) is 17.2 Å². The number of hydrogen-bond donors (Lipinski definition) is 1. The van der Waals surface area contributed by atoms with Crippen molar-refractivity contribution in [3.63, 3.8) is 0 Å². The first-order chi connectivity index (χ1) is 8.15. The topological polar surface area (TPSA) is 56.7 Å². The van der Waals surface area contributed by atoms with Gasteiger partial charge in [0.05, 0.1) is 17.8 Å². The average Bonchev–Trinajstić information content (AvgIpc) is 2.69. The molecule has 0 bridgehead atoms. The molecular formula is C10H10Cl2N4S. The number of nitrogen functional groups attached to an aromatic ring is 1. The van der Waals surface area contributed by atoms with Crippen LogP contribution in [0.4, 0.5) is 5.82 Å². The zero-order valence-electron chi connectivity index (χ0n) is 8.81. The molecule has 0 amide bonds. The molecule has 0 aliphatic carbocycles. The molecule has 0 aliphatic rings. The Hall–Kier alpha value is -0.910. The van der Waals surface area contributed by atoms with Gasteiger partial charge in [0.2, 0.25) is 0 Å². The van der Waals surface area contributed by atoms with E-state index in [1.165, 1.54) is 0 Å². The molecule has 1 aromatic carbocycles. The van der Waals surface area contributed by atoms with E-state index in [1.807, 2.05) is 6.07 Å². The smallest absolute Gasteiger partial charge is 0.165 e. The number of benzene rings is 1. The van der Waals surface area contributed by atoms with Gasteiger partial charge >= 0.3 is 0 Å². The number of anilines is 1. The summed E-state index contributed by atoms with van der Waals surface area (Å²) in [5.41, 5.74) is 5.47. The van der Waals surface area contributed by atoms with Crippen LogP contribution in [-0.4, -0.2) is 20.7 Å². The first-order valence-corrected chi connectivity index (χ1v) is 6.63. The number of halogens is 2. The normalized spacial score (nSPS) is 10.7. The molecule has 2 rings (SSSR count). The molecule has 4 nitrogen and oxygen atoms in total. The van der Waals surface area contributed by atoms with Crippen LogP contribution in [0.1, 0.15) is 0 Å². The van der Waals surface area contributed by atoms with Gasteiger partial charge in [-0.05, 0) is 18.2 Å². The van der Waals surface area contributed by atoms with E-state index in [2.05, 4.69) is 10.3 Å². The summed E-state index contributed by atoms with van der Waals surface area (Å²) in [6.07, 6.45) is 1.69. The zero-order valence-corrected chi connectivity index (χ0v) is 11.1. The van der Waals surface area contributed by atoms with Crippen LogP contribution >= 0.6 is 35.0 Å². The lowest BCUT2D eigenvalue weighted by molar-refractivity contribution is 0.632. The van der Waals surface area contributed by atoms with E-state index >= 15 is 0 Å². The summed E-state index contributed by atoms with van der Waals surface area (Å²) in [5, 5.41) is 8.95. The van der Waals surface area contributed by atoms with Gasteiger partial charge in [-0.3, -0.25) is 0 Å². The first kappa shape index (κ1) is 12.5. The Bertz CT molecular complexity index is 515. The standard InChI is InChI=1S/C10H10Cl2N4S/c11-7-1-2-8(12)9(5-7)17-4-3-16-6-10(13)14-15-16/h1-2,5-6H,3-4,13H2. The van der Waals surface area contributed by atoms with Crippen LogP contribution in [0.25, 0.3) is 0 Å². The Morgan fingerprint density at radius 3 is 2.88 bits per heavy atom. The molecule has 17 heavy (non-hydrogen) atoms. The van der Waals surface area contributed by atoms with Crippen molar-refractivity contribution in [3.8, 4) is 0 Å². The van der Waals surface area contributed by atoms with Gasteiger partial charge in [-0.15, -0.1) is 16.9 Å². The van der Waals surface area contributed by atoms with Crippen LogP contribution in [0.5, 0.6) is 0 Å². The predicted octanol–water partition coefficient (Wildman–Crippen LogP) is 2.96. The molecule has 0 atom stereocenters. The lowest BCUT2D eigenvalue weighted by Crippen LogP contribution is -2.01. The molecular weight excluding hydrogens is 279 g/mol. The molecule has 90 valence electrons. The monoisotopic (exact) mass is 288 g/mol. The molecule has 0 saturated heterocycles. The second kappa shape index (κ2) is 5.62. The molecule has 0 aliphatic heterocycles. The van der Waals surface area contributed by atoms with Gasteiger partial charge in [0.25, 0.3) is 0 Å². The van der Waals surface area contributed by atoms with E-state index < -0.39 is 0 Å². The molecule has 1 heterocycles. The van der Waals surface area contributed by atoms with Gasteiger partial charge in [0.15, 0.2) is 5.82 Å². The second-order valence-corrected chi connectivity index (χ2v) is 5.31.